The number of unbranched alkanes of at least 4 members (excludes halogenated alkanes) is 1. The van der Waals surface area contributed by atoms with E-state index in [2.05, 4.69) is 9.17 Å². The Kier molecular flexibility index (Phi) is 5.26. The highest BCUT2D eigenvalue weighted by Gasteiger charge is 2.14. The number of imidazole rings is 1. The predicted octanol–water partition coefficient (Wildman–Crippen LogP) is -0.531. The Morgan fingerprint density at radius 2 is 1.96 bits per heavy atom. The van der Waals surface area contributed by atoms with E-state index in [0.29, 0.717) is 30.4 Å². The molecule has 10 nitrogen and oxygen atoms in total. The molecule has 0 aromatic carbocycles. The van der Waals surface area contributed by atoms with Gasteiger partial charge in [0.05, 0.1) is 12.4 Å². The van der Waals surface area contributed by atoms with Crippen LogP contribution in [0.2, 0.25) is 0 Å². The SMILES string of the molecule is C[C@H](CCCCn1c(=O)c2c(ncn2C)n(C)c1=O)OS(=O)(=O)[O-]. The first-order valence-electron chi connectivity index (χ1n) is 7.36. The van der Waals surface area contributed by atoms with Gasteiger partial charge in [-0.25, -0.2) is 18.2 Å². The molecule has 2 aromatic rings. The van der Waals surface area contributed by atoms with E-state index in [-0.39, 0.29) is 6.54 Å². The Hall–Kier alpha value is -1.98. The van der Waals surface area contributed by atoms with E-state index in [9.17, 15) is 22.6 Å². The van der Waals surface area contributed by atoms with Crippen molar-refractivity contribution in [2.45, 2.75) is 38.8 Å². The standard InChI is InChI=1S/C13H20N4O6S/c1-9(23-24(20,21)22)6-4-5-7-17-12(18)10-11(14-8-15(10)2)16(3)13(17)19/h8-9H,4-7H2,1-3H3,(H,20,21,22)/p-1/t9-/m1/s1. The maximum atomic E-state index is 12.4. The fraction of sp³-hybridized carbons (Fsp3) is 0.615. The molecule has 11 heteroatoms. The van der Waals surface area contributed by atoms with E-state index in [1.807, 2.05) is 0 Å². The van der Waals surface area contributed by atoms with Gasteiger partial charge in [0.2, 0.25) is 10.4 Å². The summed E-state index contributed by atoms with van der Waals surface area (Å²) in [6.45, 7) is 1.66. The quantitative estimate of drug-likeness (QED) is 0.369. The maximum Gasteiger partial charge on any atom is 0.332 e. The fourth-order valence-corrected chi connectivity index (χ4v) is 3.04. The van der Waals surface area contributed by atoms with E-state index >= 15 is 0 Å². The molecular formula is C13H19N4O6S-. The van der Waals surface area contributed by atoms with E-state index < -0.39 is 27.8 Å². The second kappa shape index (κ2) is 6.87. The van der Waals surface area contributed by atoms with Crippen LogP contribution in [-0.4, -0.2) is 37.8 Å². The first-order chi connectivity index (χ1) is 11.1. The monoisotopic (exact) mass is 359 g/mol. The lowest BCUT2D eigenvalue weighted by molar-refractivity contribution is 0.181. The predicted molar refractivity (Wildman–Crippen MR) is 84.3 cm³/mol. The zero-order valence-electron chi connectivity index (χ0n) is 13.6. The van der Waals surface area contributed by atoms with Crippen LogP contribution < -0.4 is 11.2 Å². The Bertz CT molecular complexity index is 955. The third-order valence-electron chi connectivity index (χ3n) is 3.73. The van der Waals surface area contributed by atoms with Gasteiger partial charge in [-0.05, 0) is 26.2 Å². The van der Waals surface area contributed by atoms with E-state index in [1.165, 1.54) is 17.8 Å². The highest BCUT2D eigenvalue weighted by atomic mass is 32.3. The lowest BCUT2D eigenvalue weighted by Gasteiger charge is -2.15. The van der Waals surface area contributed by atoms with Crippen LogP contribution in [0.4, 0.5) is 0 Å². The van der Waals surface area contributed by atoms with E-state index in [4.69, 9.17) is 0 Å². The van der Waals surface area contributed by atoms with Gasteiger partial charge < -0.3 is 9.12 Å². The van der Waals surface area contributed by atoms with Gasteiger partial charge in [0.15, 0.2) is 11.2 Å². The van der Waals surface area contributed by atoms with Crippen molar-refractivity contribution in [1.29, 1.82) is 0 Å². The largest absolute Gasteiger partial charge is 0.726 e. The summed E-state index contributed by atoms with van der Waals surface area (Å²) in [4.78, 5) is 28.7. The van der Waals surface area contributed by atoms with Crippen LogP contribution >= 0.6 is 0 Å². The van der Waals surface area contributed by atoms with Gasteiger partial charge >= 0.3 is 5.69 Å². The highest BCUT2D eigenvalue weighted by molar-refractivity contribution is 7.80. The van der Waals surface area contributed by atoms with Gasteiger partial charge in [0.25, 0.3) is 5.56 Å². The molecule has 0 amide bonds. The zero-order valence-corrected chi connectivity index (χ0v) is 14.4. The number of nitrogens with zero attached hydrogens (tertiary/aromatic N) is 4. The molecule has 2 aromatic heterocycles. The minimum atomic E-state index is -4.72. The van der Waals surface area contributed by atoms with Crippen molar-refractivity contribution >= 4 is 21.6 Å². The molecule has 24 heavy (non-hydrogen) atoms. The molecule has 0 radical (unpaired) electrons. The third-order valence-corrected chi connectivity index (χ3v) is 4.29. The number of rotatable bonds is 7. The normalized spacial score (nSPS) is 13.5. The van der Waals surface area contributed by atoms with Gasteiger partial charge in [0.1, 0.15) is 0 Å². The number of aromatic nitrogens is 4. The number of aryl methyl sites for hydroxylation is 2. The summed E-state index contributed by atoms with van der Waals surface area (Å²) in [5.74, 6) is 0. The van der Waals surface area contributed by atoms with Crippen molar-refractivity contribution in [2.75, 3.05) is 0 Å². The molecular weight excluding hydrogens is 340 g/mol. The summed E-state index contributed by atoms with van der Waals surface area (Å²) >= 11 is 0. The summed E-state index contributed by atoms with van der Waals surface area (Å²) < 4.78 is 39.7. The van der Waals surface area contributed by atoms with Gasteiger partial charge in [-0.1, -0.05) is 0 Å². The van der Waals surface area contributed by atoms with Gasteiger partial charge in [-0.3, -0.25) is 18.1 Å². The maximum absolute atomic E-state index is 12.4. The molecule has 0 aliphatic rings. The first kappa shape index (κ1) is 18.4. The molecule has 0 saturated heterocycles. The van der Waals surface area contributed by atoms with Crippen molar-refractivity contribution in [2.24, 2.45) is 14.1 Å². The molecule has 0 saturated carbocycles. The Morgan fingerprint density at radius 3 is 2.58 bits per heavy atom. The van der Waals surface area contributed by atoms with E-state index in [0.717, 1.165) is 4.57 Å². The second-order valence-corrected chi connectivity index (χ2v) is 6.65. The minimum absolute atomic E-state index is 0.184. The topological polar surface area (TPSA) is 128 Å². The molecule has 0 spiro atoms. The summed E-state index contributed by atoms with van der Waals surface area (Å²) in [7, 11) is -1.50. The Morgan fingerprint density at radius 1 is 1.29 bits per heavy atom. The van der Waals surface area contributed by atoms with Crippen molar-refractivity contribution < 1.29 is 17.2 Å². The Balaban J connectivity index is 2.10. The fourth-order valence-electron chi connectivity index (χ4n) is 2.54. The molecule has 0 bridgehead atoms. The molecule has 2 heterocycles. The zero-order chi connectivity index (χ0) is 18.1. The average Bonchev–Trinajstić information content (AvgIpc) is 2.84. The first-order valence-corrected chi connectivity index (χ1v) is 8.70. The lowest BCUT2D eigenvalue weighted by atomic mass is 10.2. The second-order valence-electron chi connectivity index (χ2n) is 5.64. The molecule has 0 N–H and O–H groups in total. The smallest absolute Gasteiger partial charge is 0.332 e. The highest BCUT2D eigenvalue weighted by Crippen LogP contribution is 2.08. The summed E-state index contributed by atoms with van der Waals surface area (Å²) in [5.41, 5.74) is -0.213. The number of hydrogen-bond acceptors (Lipinski definition) is 7. The van der Waals surface area contributed by atoms with Crippen LogP contribution in [0, 0.1) is 0 Å². The van der Waals surface area contributed by atoms with Crippen molar-refractivity contribution in [3.8, 4) is 0 Å². The lowest BCUT2D eigenvalue weighted by Crippen LogP contribution is -2.39. The van der Waals surface area contributed by atoms with Crippen LogP contribution in [0.1, 0.15) is 26.2 Å². The van der Waals surface area contributed by atoms with Gasteiger partial charge in [0, 0.05) is 20.6 Å². The van der Waals surface area contributed by atoms with Crippen LogP contribution in [0.25, 0.3) is 11.2 Å². The average molecular weight is 359 g/mol. The van der Waals surface area contributed by atoms with Crippen LogP contribution in [-0.2, 0) is 35.2 Å². The van der Waals surface area contributed by atoms with Crippen LogP contribution in [0.5, 0.6) is 0 Å². The summed E-state index contributed by atoms with van der Waals surface area (Å²) in [6.07, 6.45) is 2.01. The van der Waals surface area contributed by atoms with Gasteiger partial charge in [-0.2, -0.15) is 0 Å². The molecule has 0 unspecified atom stereocenters. The summed E-state index contributed by atoms with van der Waals surface area (Å²) in [6, 6.07) is 0. The number of hydrogen-bond donors (Lipinski definition) is 0. The van der Waals surface area contributed by atoms with Crippen molar-refractivity contribution in [1.82, 2.24) is 18.7 Å². The summed E-state index contributed by atoms with van der Waals surface area (Å²) in [5, 5.41) is 0. The molecule has 134 valence electrons. The van der Waals surface area contributed by atoms with Crippen LogP contribution in [0.3, 0.4) is 0 Å². The van der Waals surface area contributed by atoms with Crippen molar-refractivity contribution in [3.63, 3.8) is 0 Å². The third kappa shape index (κ3) is 3.91. The Labute approximate surface area is 138 Å². The molecule has 0 aliphatic carbocycles. The van der Waals surface area contributed by atoms with E-state index in [1.54, 1.807) is 18.7 Å². The van der Waals surface area contributed by atoms with Gasteiger partial charge in [-0.15, -0.1) is 0 Å². The van der Waals surface area contributed by atoms with Crippen molar-refractivity contribution in [3.05, 3.63) is 27.2 Å². The van der Waals surface area contributed by atoms with Crippen LogP contribution in [0.15, 0.2) is 15.9 Å². The number of fused-ring (bicyclic) bond motifs is 1. The molecule has 2 rings (SSSR count). The molecule has 0 aliphatic heterocycles. The molecule has 0 fully saturated rings. The molecule has 1 atom stereocenters. The minimum Gasteiger partial charge on any atom is -0.726 e.